The van der Waals surface area contributed by atoms with Gasteiger partial charge < -0.3 is 5.32 Å². The van der Waals surface area contributed by atoms with Gasteiger partial charge in [0.25, 0.3) is 0 Å². The van der Waals surface area contributed by atoms with Crippen LogP contribution < -0.4 is 5.32 Å². The van der Waals surface area contributed by atoms with Crippen molar-refractivity contribution in [1.29, 1.82) is 0 Å². The molecule has 0 aromatic carbocycles. The lowest BCUT2D eigenvalue weighted by Gasteiger charge is -2.45. The van der Waals surface area contributed by atoms with Gasteiger partial charge in [0.2, 0.25) is 0 Å². The summed E-state index contributed by atoms with van der Waals surface area (Å²) in [7, 11) is 0. The second-order valence-electron chi connectivity index (χ2n) is 5.20. The molecule has 0 atom stereocenters. The summed E-state index contributed by atoms with van der Waals surface area (Å²) in [5, 5.41) is 3.57. The first kappa shape index (κ1) is 7.60. The fourth-order valence-electron chi connectivity index (χ4n) is 2.58. The van der Waals surface area contributed by atoms with E-state index in [-0.39, 0.29) is 17.0 Å². The van der Waals surface area contributed by atoms with E-state index >= 15 is 0 Å². The maximum Gasteiger partial charge on any atom is 0.0301 e. The Hall–Kier alpha value is -0.0400. The Balaban J connectivity index is 2.81. The molecule has 66 valence electrons. The van der Waals surface area contributed by atoms with Gasteiger partial charge in [0.1, 0.15) is 0 Å². The van der Waals surface area contributed by atoms with E-state index in [1.165, 1.54) is 0 Å². The van der Waals surface area contributed by atoms with Crippen LogP contribution in [0.1, 0.15) is 48.8 Å². The zero-order valence-electron chi connectivity index (χ0n) is 9.41. The van der Waals surface area contributed by atoms with Crippen LogP contribution in [0.4, 0.5) is 0 Å². The summed E-state index contributed by atoms with van der Waals surface area (Å²) in [6, 6.07) is 0. The molecule has 0 bridgehead atoms. The molecule has 1 N–H and O–H groups in total. The van der Waals surface area contributed by atoms with Gasteiger partial charge in [-0.3, -0.25) is 0 Å². The Morgan fingerprint density at radius 1 is 1.18 bits per heavy atom. The van der Waals surface area contributed by atoms with E-state index < -0.39 is 0 Å². The lowest BCUT2D eigenvalue weighted by atomic mass is 9.77. The average Bonchev–Trinajstić information content (AvgIpc) is 1.44. The molecule has 0 aliphatic carbocycles. The first-order valence-corrected chi connectivity index (χ1v) is 4.41. The van der Waals surface area contributed by atoms with Crippen LogP contribution in [-0.4, -0.2) is 11.1 Å². The lowest BCUT2D eigenvalue weighted by Crippen LogP contribution is -2.57. The summed E-state index contributed by atoms with van der Waals surface area (Å²) in [5.74, 6) is -0.266. The smallest absolute Gasteiger partial charge is 0.0301 e. The van der Waals surface area contributed by atoms with Gasteiger partial charge in [-0.25, -0.2) is 0 Å². The van der Waals surface area contributed by atoms with Crippen LogP contribution in [0.25, 0.3) is 0 Å². The zero-order chi connectivity index (χ0) is 9.62. The van der Waals surface area contributed by atoms with E-state index in [4.69, 9.17) is 1.37 Å². The van der Waals surface area contributed by atoms with Gasteiger partial charge in [0.05, 0.1) is 0 Å². The molecule has 1 saturated heterocycles. The number of hydrogen-bond acceptors (Lipinski definition) is 1. The molecule has 1 aliphatic rings. The van der Waals surface area contributed by atoms with Crippen LogP contribution in [0, 0.1) is 5.89 Å². The monoisotopic (exact) mass is 157 g/mol. The average molecular weight is 157 g/mol. The highest BCUT2D eigenvalue weighted by atomic mass is 15.0. The maximum atomic E-state index is 8.10. The number of nitrogens with one attached hydrogen (secondary N) is 1. The summed E-state index contributed by atoms with van der Waals surface area (Å²) < 4.78 is 8.10. The third kappa shape index (κ3) is 2.48. The minimum atomic E-state index is -0.266. The van der Waals surface area contributed by atoms with Gasteiger partial charge >= 0.3 is 0 Å². The highest BCUT2D eigenvalue weighted by Gasteiger charge is 2.35. The standard InChI is InChI=1S/C10H21N/c1-8-6-9(2,3)11-10(4,5)7-8/h8,11H,6-7H2,1-5H3/i8T. The second-order valence-corrected chi connectivity index (χ2v) is 5.20. The zero-order valence-corrected chi connectivity index (χ0v) is 8.41. The lowest BCUT2D eigenvalue weighted by molar-refractivity contribution is 0.138. The molecule has 1 fully saturated rings. The Morgan fingerprint density at radius 3 is 1.82 bits per heavy atom. The van der Waals surface area contributed by atoms with Crippen molar-refractivity contribution in [3.63, 3.8) is 0 Å². The topological polar surface area (TPSA) is 12.0 Å². The van der Waals surface area contributed by atoms with Crippen molar-refractivity contribution in [2.45, 2.75) is 58.5 Å². The third-order valence-electron chi connectivity index (χ3n) is 2.16. The van der Waals surface area contributed by atoms with Crippen LogP contribution in [0.5, 0.6) is 0 Å². The third-order valence-corrected chi connectivity index (χ3v) is 2.16. The van der Waals surface area contributed by atoms with Crippen molar-refractivity contribution in [2.24, 2.45) is 5.89 Å². The molecule has 1 aliphatic heterocycles. The molecule has 0 aromatic heterocycles. The molecule has 1 heteroatoms. The van der Waals surface area contributed by atoms with E-state index in [1.807, 2.05) is 6.92 Å². The first-order chi connectivity index (χ1) is 5.12. The second kappa shape index (κ2) is 2.48. The molecule has 0 radical (unpaired) electrons. The molecule has 1 heterocycles. The van der Waals surface area contributed by atoms with Gasteiger partial charge in [-0.1, -0.05) is 6.92 Å². The Bertz CT molecular complexity index is 137. The molecule has 0 aromatic rings. The van der Waals surface area contributed by atoms with E-state index in [0.29, 0.717) is 0 Å². The van der Waals surface area contributed by atoms with Crippen molar-refractivity contribution in [2.75, 3.05) is 0 Å². The van der Waals surface area contributed by atoms with Gasteiger partial charge in [0.15, 0.2) is 0 Å². The summed E-state index contributed by atoms with van der Waals surface area (Å²) >= 11 is 0. The number of hydrogen-bond donors (Lipinski definition) is 1. The maximum absolute atomic E-state index is 8.10. The Labute approximate surface area is 72.0 Å². The fourth-order valence-corrected chi connectivity index (χ4v) is 2.58. The van der Waals surface area contributed by atoms with E-state index in [2.05, 4.69) is 33.0 Å². The normalized spacial score (nSPS) is 34.5. The van der Waals surface area contributed by atoms with E-state index in [1.54, 1.807) is 0 Å². The molecular formula is C10H21N. The van der Waals surface area contributed by atoms with Crippen molar-refractivity contribution in [3.8, 4) is 0 Å². The van der Waals surface area contributed by atoms with Crippen molar-refractivity contribution < 1.29 is 1.37 Å². The fraction of sp³-hybridized carbons (Fsp3) is 1.00. The van der Waals surface area contributed by atoms with Crippen LogP contribution in [0.3, 0.4) is 0 Å². The SMILES string of the molecule is [3H]C1(C)CC(C)(C)NC(C)(C)C1. The summed E-state index contributed by atoms with van der Waals surface area (Å²) in [6.45, 7) is 10.8. The highest BCUT2D eigenvalue weighted by molar-refractivity contribution is 4.95. The van der Waals surface area contributed by atoms with Gasteiger partial charge in [-0.05, 0) is 46.4 Å². The minimum absolute atomic E-state index is 0.109. The molecule has 1 nitrogen and oxygen atoms in total. The molecule has 1 rings (SSSR count). The van der Waals surface area contributed by atoms with Crippen molar-refractivity contribution in [3.05, 3.63) is 0 Å². The largest absolute Gasteiger partial charge is 0.307 e. The van der Waals surface area contributed by atoms with Crippen LogP contribution in [0.2, 0.25) is 0 Å². The summed E-state index contributed by atoms with van der Waals surface area (Å²) in [6.07, 6.45) is 1.87. The van der Waals surface area contributed by atoms with Crippen LogP contribution >= 0.6 is 0 Å². The van der Waals surface area contributed by atoms with Crippen molar-refractivity contribution in [1.82, 2.24) is 5.32 Å². The Morgan fingerprint density at radius 2 is 1.55 bits per heavy atom. The predicted octanol–water partition coefficient (Wildman–Crippen LogP) is 2.56. The molecule has 0 amide bonds. The molecule has 0 spiro atoms. The first-order valence-electron chi connectivity index (χ1n) is 4.91. The molecule has 0 unspecified atom stereocenters. The van der Waals surface area contributed by atoms with Gasteiger partial charge in [-0.15, -0.1) is 0 Å². The summed E-state index contributed by atoms with van der Waals surface area (Å²) in [4.78, 5) is 0. The molecule has 11 heavy (non-hydrogen) atoms. The van der Waals surface area contributed by atoms with Gasteiger partial charge in [-0.2, -0.15) is 0 Å². The molecule has 0 saturated carbocycles. The van der Waals surface area contributed by atoms with Crippen LogP contribution in [-0.2, 0) is 0 Å². The predicted molar refractivity (Wildman–Crippen MR) is 49.7 cm³/mol. The van der Waals surface area contributed by atoms with Crippen LogP contribution in [0.15, 0.2) is 0 Å². The Kier molecular flexibility index (Phi) is 1.71. The quantitative estimate of drug-likeness (QED) is 0.570. The summed E-state index contributed by atoms with van der Waals surface area (Å²) in [5.41, 5.74) is 0.219. The van der Waals surface area contributed by atoms with E-state index in [0.717, 1.165) is 12.8 Å². The van der Waals surface area contributed by atoms with E-state index in [9.17, 15) is 0 Å². The van der Waals surface area contributed by atoms with Gasteiger partial charge in [0, 0.05) is 12.4 Å². The minimum Gasteiger partial charge on any atom is -0.307 e. The van der Waals surface area contributed by atoms with Crippen molar-refractivity contribution >= 4 is 0 Å². The number of piperidine rings is 1. The highest BCUT2D eigenvalue weighted by Crippen LogP contribution is 2.31. The molecular weight excluding hydrogens is 134 g/mol. The number of rotatable bonds is 0.